The highest BCUT2D eigenvalue weighted by atomic mass is 32.1. The highest BCUT2D eigenvalue weighted by molar-refractivity contribution is 7.09. The Balaban J connectivity index is 2.47. The number of thiophene rings is 1. The molecule has 1 aromatic rings. The quantitative estimate of drug-likeness (QED) is 0.802. The van der Waals surface area contributed by atoms with Crippen molar-refractivity contribution < 1.29 is 9.59 Å². The predicted molar refractivity (Wildman–Crippen MR) is 87.6 cm³/mol. The lowest BCUT2D eigenvalue weighted by Crippen LogP contribution is -2.48. The van der Waals surface area contributed by atoms with Crippen molar-refractivity contribution in [2.45, 2.75) is 46.2 Å². The molecule has 4 nitrogen and oxygen atoms in total. The number of Topliss-reactive ketones (excluding diaryl/α,β-unsaturated/α-hetero) is 1. The number of carbonyl (C=O) groups is 2. The van der Waals surface area contributed by atoms with Gasteiger partial charge in [-0.1, -0.05) is 19.9 Å². The van der Waals surface area contributed by atoms with Crippen molar-refractivity contribution in [3.63, 3.8) is 0 Å². The average molecular weight is 310 g/mol. The number of nitrogens with one attached hydrogen (secondary N) is 1. The van der Waals surface area contributed by atoms with Crippen LogP contribution in [-0.4, -0.2) is 42.3 Å². The summed E-state index contributed by atoms with van der Waals surface area (Å²) in [5, 5.41) is 4.90. The molecule has 2 atom stereocenters. The van der Waals surface area contributed by atoms with Crippen LogP contribution in [0.15, 0.2) is 17.5 Å². The topological polar surface area (TPSA) is 49.4 Å². The second-order valence-corrected chi connectivity index (χ2v) is 6.98. The molecule has 0 fully saturated rings. The minimum atomic E-state index is -0.390. The van der Waals surface area contributed by atoms with Crippen molar-refractivity contribution >= 4 is 23.0 Å². The average Bonchev–Trinajstić information content (AvgIpc) is 2.87. The maximum atomic E-state index is 12.1. The second-order valence-electron chi connectivity index (χ2n) is 5.95. The summed E-state index contributed by atoms with van der Waals surface area (Å²) in [6.07, 6.45) is 0.932. The van der Waals surface area contributed by atoms with Crippen LogP contribution in [0.3, 0.4) is 0 Å². The SMILES string of the molecule is CC(=O)C(NC(=O)CN(C)C(C)Cc1cccs1)C(C)C. The Hall–Kier alpha value is -1.20. The summed E-state index contributed by atoms with van der Waals surface area (Å²) in [4.78, 5) is 26.9. The normalized spacial score (nSPS) is 14.2. The van der Waals surface area contributed by atoms with Gasteiger partial charge in [-0.25, -0.2) is 0 Å². The molecule has 2 unspecified atom stereocenters. The Labute approximate surface area is 131 Å². The summed E-state index contributed by atoms with van der Waals surface area (Å²) in [7, 11) is 1.94. The zero-order chi connectivity index (χ0) is 16.0. The van der Waals surface area contributed by atoms with Crippen LogP contribution in [0.25, 0.3) is 0 Å². The van der Waals surface area contributed by atoms with Gasteiger partial charge in [0.1, 0.15) is 0 Å². The molecule has 1 amide bonds. The van der Waals surface area contributed by atoms with Crippen LogP contribution in [-0.2, 0) is 16.0 Å². The molecule has 0 aliphatic rings. The third-order valence-corrected chi connectivity index (χ3v) is 4.54. The lowest BCUT2D eigenvalue weighted by Gasteiger charge is -2.26. The second kappa shape index (κ2) is 8.29. The number of amides is 1. The molecule has 0 saturated carbocycles. The van der Waals surface area contributed by atoms with E-state index in [2.05, 4.69) is 23.7 Å². The Bertz CT molecular complexity index is 457. The van der Waals surface area contributed by atoms with Gasteiger partial charge < -0.3 is 5.32 Å². The van der Waals surface area contributed by atoms with Crippen LogP contribution < -0.4 is 5.32 Å². The van der Waals surface area contributed by atoms with Crippen molar-refractivity contribution in [3.05, 3.63) is 22.4 Å². The monoisotopic (exact) mass is 310 g/mol. The molecule has 21 heavy (non-hydrogen) atoms. The molecule has 0 aliphatic heterocycles. The number of nitrogens with zero attached hydrogens (tertiary/aromatic N) is 1. The number of likely N-dealkylation sites (N-methyl/N-ethyl adjacent to an activating group) is 1. The first-order valence-corrected chi connectivity index (χ1v) is 8.21. The zero-order valence-corrected chi connectivity index (χ0v) is 14.4. The van der Waals surface area contributed by atoms with Gasteiger partial charge in [0.25, 0.3) is 0 Å². The van der Waals surface area contributed by atoms with Crippen molar-refractivity contribution in [1.82, 2.24) is 10.2 Å². The van der Waals surface area contributed by atoms with Gasteiger partial charge >= 0.3 is 0 Å². The molecule has 0 aromatic carbocycles. The van der Waals surface area contributed by atoms with E-state index in [0.717, 1.165) is 6.42 Å². The molecule has 0 radical (unpaired) electrons. The molecule has 1 rings (SSSR count). The minimum Gasteiger partial charge on any atom is -0.345 e. The number of hydrogen-bond donors (Lipinski definition) is 1. The summed E-state index contributed by atoms with van der Waals surface area (Å²) in [5.41, 5.74) is 0. The maximum Gasteiger partial charge on any atom is 0.234 e. The van der Waals surface area contributed by atoms with Gasteiger partial charge in [0.15, 0.2) is 5.78 Å². The molecule has 0 aliphatic carbocycles. The first-order chi connectivity index (χ1) is 9.81. The Morgan fingerprint density at radius 2 is 2.00 bits per heavy atom. The van der Waals surface area contributed by atoms with E-state index in [9.17, 15) is 9.59 Å². The lowest BCUT2D eigenvalue weighted by molar-refractivity contribution is -0.128. The summed E-state index contributed by atoms with van der Waals surface area (Å²) < 4.78 is 0. The minimum absolute atomic E-state index is 0.00707. The highest BCUT2D eigenvalue weighted by Crippen LogP contribution is 2.13. The summed E-state index contributed by atoms with van der Waals surface area (Å²) in [6.45, 7) is 7.82. The van der Waals surface area contributed by atoms with Crippen molar-refractivity contribution in [3.8, 4) is 0 Å². The third-order valence-electron chi connectivity index (χ3n) is 3.64. The first kappa shape index (κ1) is 17.9. The van der Waals surface area contributed by atoms with Gasteiger partial charge in [0.05, 0.1) is 12.6 Å². The summed E-state index contributed by atoms with van der Waals surface area (Å²) >= 11 is 1.73. The van der Waals surface area contributed by atoms with Crippen LogP contribution in [0.4, 0.5) is 0 Å². The van der Waals surface area contributed by atoms with Gasteiger partial charge in [-0.15, -0.1) is 11.3 Å². The third kappa shape index (κ3) is 5.98. The van der Waals surface area contributed by atoms with E-state index >= 15 is 0 Å². The molecule has 1 aromatic heterocycles. The molecule has 0 spiro atoms. The van der Waals surface area contributed by atoms with Crippen LogP contribution in [0.5, 0.6) is 0 Å². The van der Waals surface area contributed by atoms with Gasteiger partial charge in [-0.3, -0.25) is 14.5 Å². The largest absolute Gasteiger partial charge is 0.345 e. The van der Waals surface area contributed by atoms with E-state index in [1.54, 1.807) is 11.3 Å². The fraction of sp³-hybridized carbons (Fsp3) is 0.625. The van der Waals surface area contributed by atoms with E-state index in [1.807, 2.05) is 31.9 Å². The molecule has 1 heterocycles. The van der Waals surface area contributed by atoms with E-state index < -0.39 is 6.04 Å². The first-order valence-electron chi connectivity index (χ1n) is 7.33. The highest BCUT2D eigenvalue weighted by Gasteiger charge is 2.22. The zero-order valence-electron chi connectivity index (χ0n) is 13.6. The van der Waals surface area contributed by atoms with E-state index in [-0.39, 0.29) is 23.7 Å². The van der Waals surface area contributed by atoms with Gasteiger partial charge in [-0.05, 0) is 44.7 Å². The van der Waals surface area contributed by atoms with E-state index in [0.29, 0.717) is 6.54 Å². The maximum absolute atomic E-state index is 12.1. The van der Waals surface area contributed by atoms with Gasteiger partial charge in [0, 0.05) is 10.9 Å². The van der Waals surface area contributed by atoms with E-state index in [4.69, 9.17) is 0 Å². The number of carbonyl (C=O) groups excluding carboxylic acids is 2. The Morgan fingerprint density at radius 3 is 2.48 bits per heavy atom. The standard InChI is InChI=1S/C16H26N2O2S/c1-11(2)16(13(4)19)17-15(20)10-18(5)12(3)9-14-7-6-8-21-14/h6-8,11-12,16H,9-10H2,1-5H3,(H,17,20). The van der Waals surface area contributed by atoms with Crippen molar-refractivity contribution in [1.29, 1.82) is 0 Å². The van der Waals surface area contributed by atoms with Crippen LogP contribution in [0.2, 0.25) is 0 Å². The predicted octanol–water partition coefficient (Wildman–Crippen LogP) is 2.34. The smallest absolute Gasteiger partial charge is 0.234 e. The van der Waals surface area contributed by atoms with Gasteiger partial charge in [0.2, 0.25) is 5.91 Å². The molecule has 118 valence electrons. The molecule has 0 bridgehead atoms. The number of rotatable bonds is 8. The fourth-order valence-corrected chi connectivity index (χ4v) is 3.04. The molecule has 5 heteroatoms. The number of hydrogen-bond acceptors (Lipinski definition) is 4. The van der Waals surface area contributed by atoms with Gasteiger partial charge in [-0.2, -0.15) is 0 Å². The number of ketones is 1. The van der Waals surface area contributed by atoms with Crippen molar-refractivity contribution in [2.24, 2.45) is 5.92 Å². The van der Waals surface area contributed by atoms with Crippen LogP contribution in [0, 0.1) is 5.92 Å². The van der Waals surface area contributed by atoms with Crippen molar-refractivity contribution in [2.75, 3.05) is 13.6 Å². The Kier molecular flexibility index (Phi) is 7.05. The fourth-order valence-electron chi connectivity index (χ4n) is 2.21. The van der Waals surface area contributed by atoms with Crippen LogP contribution >= 0.6 is 11.3 Å². The molecular weight excluding hydrogens is 284 g/mol. The van der Waals surface area contributed by atoms with Crippen LogP contribution in [0.1, 0.15) is 32.6 Å². The van der Waals surface area contributed by atoms with E-state index in [1.165, 1.54) is 11.8 Å². The Morgan fingerprint density at radius 1 is 1.33 bits per heavy atom. The summed E-state index contributed by atoms with van der Waals surface area (Å²) in [6, 6.07) is 4.04. The molecule has 1 N–H and O–H groups in total. The molecule has 0 saturated heterocycles. The summed E-state index contributed by atoms with van der Waals surface area (Å²) in [5.74, 6) is 0.0253. The molecular formula is C16H26N2O2S. The lowest BCUT2D eigenvalue weighted by atomic mass is 10.0.